The lowest BCUT2D eigenvalue weighted by Crippen LogP contribution is -2.39. The van der Waals surface area contributed by atoms with Crippen LogP contribution in [0.5, 0.6) is 0 Å². The zero-order chi connectivity index (χ0) is 18.0. The van der Waals surface area contributed by atoms with Gasteiger partial charge in [0.2, 0.25) is 5.91 Å². The van der Waals surface area contributed by atoms with E-state index in [-0.39, 0.29) is 17.6 Å². The van der Waals surface area contributed by atoms with E-state index in [0.29, 0.717) is 17.7 Å². The molecule has 2 aromatic rings. The molecule has 3 N–H and O–H groups in total. The van der Waals surface area contributed by atoms with E-state index in [1.165, 1.54) is 6.07 Å². The van der Waals surface area contributed by atoms with E-state index in [0.717, 1.165) is 10.0 Å². The largest absolute Gasteiger partial charge is 0.324 e. The number of hydrazine groups is 1. The van der Waals surface area contributed by atoms with Gasteiger partial charge in [-0.15, -0.1) is 0 Å². The van der Waals surface area contributed by atoms with Crippen molar-refractivity contribution < 1.29 is 9.72 Å². The summed E-state index contributed by atoms with van der Waals surface area (Å²) in [6, 6.07) is 12.1. The number of nitro benzene ring substituents is 1. The Hall–Kier alpha value is -2.29. The average molecular weight is 405 g/mol. The molecule has 1 saturated heterocycles. The molecule has 3 rings (SSSR count). The van der Waals surface area contributed by atoms with Crippen molar-refractivity contribution in [2.24, 2.45) is 0 Å². The molecule has 2 aromatic carbocycles. The summed E-state index contributed by atoms with van der Waals surface area (Å²) in [6.07, 6.45) is 0.585. The lowest BCUT2D eigenvalue weighted by molar-refractivity contribution is -0.385. The molecule has 25 heavy (non-hydrogen) atoms. The van der Waals surface area contributed by atoms with E-state index < -0.39 is 11.0 Å². The van der Waals surface area contributed by atoms with Crippen LogP contribution in [0.2, 0.25) is 0 Å². The summed E-state index contributed by atoms with van der Waals surface area (Å²) in [4.78, 5) is 23.0. The SMILES string of the molecule is Cc1c(NC(=O)C2CC(c3ccc(Br)cc3)NN2)cccc1[N+](=O)[O-]. The van der Waals surface area contributed by atoms with Crippen LogP contribution in [0.1, 0.15) is 23.6 Å². The van der Waals surface area contributed by atoms with Crippen molar-refractivity contribution in [1.82, 2.24) is 10.9 Å². The fraction of sp³-hybridized carbons (Fsp3) is 0.235. The van der Waals surface area contributed by atoms with Crippen molar-refractivity contribution in [2.45, 2.75) is 25.4 Å². The number of benzene rings is 2. The topological polar surface area (TPSA) is 96.3 Å². The summed E-state index contributed by atoms with van der Waals surface area (Å²) in [6.45, 7) is 1.62. The highest BCUT2D eigenvalue weighted by molar-refractivity contribution is 9.10. The van der Waals surface area contributed by atoms with Crippen LogP contribution in [0.15, 0.2) is 46.9 Å². The van der Waals surface area contributed by atoms with Crippen molar-refractivity contribution in [2.75, 3.05) is 5.32 Å². The summed E-state index contributed by atoms with van der Waals surface area (Å²) in [5, 5.41) is 13.8. The lowest BCUT2D eigenvalue weighted by Gasteiger charge is -2.12. The quantitative estimate of drug-likeness (QED) is 0.536. The molecule has 1 heterocycles. The number of halogens is 1. The van der Waals surface area contributed by atoms with E-state index in [2.05, 4.69) is 32.1 Å². The van der Waals surface area contributed by atoms with Gasteiger partial charge < -0.3 is 5.32 Å². The van der Waals surface area contributed by atoms with Gasteiger partial charge in [0.15, 0.2) is 0 Å². The molecule has 0 spiro atoms. The normalized spacial score (nSPS) is 19.6. The highest BCUT2D eigenvalue weighted by atomic mass is 79.9. The highest BCUT2D eigenvalue weighted by Gasteiger charge is 2.30. The number of nitro groups is 1. The number of carbonyl (C=O) groups excluding carboxylic acids is 1. The van der Waals surface area contributed by atoms with E-state index in [4.69, 9.17) is 0 Å². The number of carbonyl (C=O) groups is 1. The standard InChI is InChI=1S/C17H17BrN4O3/c1-10-13(3-2-4-16(10)22(24)25)19-17(23)15-9-14(20-21-15)11-5-7-12(18)8-6-11/h2-8,14-15,20-21H,9H2,1H3,(H,19,23). The van der Waals surface area contributed by atoms with Gasteiger partial charge in [0.1, 0.15) is 6.04 Å². The number of hydrogen-bond donors (Lipinski definition) is 3. The average Bonchev–Trinajstić information content (AvgIpc) is 3.07. The predicted molar refractivity (Wildman–Crippen MR) is 98.0 cm³/mol. The molecule has 0 saturated carbocycles. The molecular weight excluding hydrogens is 388 g/mol. The first-order valence-corrected chi connectivity index (χ1v) is 8.56. The molecule has 2 atom stereocenters. The Morgan fingerprint density at radius 2 is 1.96 bits per heavy atom. The second kappa shape index (κ2) is 7.30. The van der Waals surface area contributed by atoms with Gasteiger partial charge in [-0.2, -0.15) is 0 Å². The van der Waals surface area contributed by atoms with Crippen molar-refractivity contribution in [3.05, 3.63) is 68.2 Å². The maximum atomic E-state index is 12.5. The Kier molecular flexibility index (Phi) is 5.12. The van der Waals surface area contributed by atoms with Gasteiger partial charge in [-0.25, -0.2) is 10.9 Å². The van der Waals surface area contributed by atoms with E-state index in [9.17, 15) is 14.9 Å². The number of anilines is 1. The molecule has 1 fully saturated rings. The Labute approximate surface area is 153 Å². The first-order valence-electron chi connectivity index (χ1n) is 7.77. The van der Waals surface area contributed by atoms with Gasteiger partial charge in [0.05, 0.1) is 16.2 Å². The smallest absolute Gasteiger partial charge is 0.274 e. The number of nitrogens with zero attached hydrogens (tertiary/aromatic N) is 1. The van der Waals surface area contributed by atoms with Gasteiger partial charge >= 0.3 is 0 Å². The number of amides is 1. The van der Waals surface area contributed by atoms with Gasteiger partial charge in [-0.05, 0) is 37.1 Å². The van der Waals surface area contributed by atoms with Crippen molar-refractivity contribution >= 4 is 33.2 Å². The third kappa shape index (κ3) is 3.87. The second-order valence-corrected chi connectivity index (χ2v) is 6.79. The van der Waals surface area contributed by atoms with E-state index in [1.807, 2.05) is 24.3 Å². The minimum atomic E-state index is -0.454. The molecule has 0 aliphatic carbocycles. The molecule has 1 aliphatic heterocycles. The van der Waals surface area contributed by atoms with Crippen LogP contribution in [-0.2, 0) is 4.79 Å². The Bertz CT molecular complexity index is 810. The monoisotopic (exact) mass is 404 g/mol. The molecule has 7 nitrogen and oxygen atoms in total. The molecule has 0 aromatic heterocycles. The molecule has 0 bridgehead atoms. The third-order valence-electron chi connectivity index (χ3n) is 4.25. The zero-order valence-corrected chi connectivity index (χ0v) is 15.0. The van der Waals surface area contributed by atoms with Gasteiger partial charge in [0, 0.05) is 16.6 Å². The molecule has 2 unspecified atom stereocenters. The van der Waals surface area contributed by atoms with E-state index >= 15 is 0 Å². The van der Waals surface area contributed by atoms with Crippen LogP contribution >= 0.6 is 15.9 Å². The fourth-order valence-corrected chi connectivity index (χ4v) is 3.08. The minimum absolute atomic E-state index is 0.0111. The van der Waals surface area contributed by atoms with Gasteiger partial charge in [-0.3, -0.25) is 14.9 Å². The maximum absolute atomic E-state index is 12.5. The van der Waals surface area contributed by atoms with Gasteiger partial charge in [-0.1, -0.05) is 34.1 Å². The first kappa shape index (κ1) is 17.5. The van der Waals surface area contributed by atoms with Crippen LogP contribution < -0.4 is 16.2 Å². The highest BCUT2D eigenvalue weighted by Crippen LogP contribution is 2.27. The summed E-state index contributed by atoms with van der Waals surface area (Å²) in [7, 11) is 0. The molecule has 1 amide bonds. The number of hydrogen-bond acceptors (Lipinski definition) is 5. The Morgan fingerprint density at radius 1 is 1.24 bits per heavy atom. The zero-order valence-electron chi connectivity index (χ0n) is 13.5. The molecule has 130 valence electrons. The molecule has 1 aliphatic rings. The van der Waals surface area contributed by atoms with Crippen molar-refractivity contribution in [3.63, 3.8) is 0 Å². The molecule has 0 radical (unpaired) electrons. The third-order valence-corrected chi connectivity index (χ3v) is 4.78. The predicted octanol–water partition coefficient (Wildman–Crippen LogP) is 3.21. The van der Waals surface area contributed by atoms with Gasteiger partial charge in [0.25, 0.3) is 5.69 Å². The van der Waals surface area contributed by atoms with Crippen LogP contribution in [-0.4, -0.2) is 16.9 Å². The Balaban J connectivity index is 1.68. The van der Waals surface area contributed by atoms with Crippen LogP contribution in [0.4, 0.5) is 11.4 Å². The Morgan fingerprint density at radius 3 is 2.64 bits per heavy atom. The van der Waals surface area contributed by atoms with Crippen LogP contribution in [0, 0.1) is 17.0 Å². The number of rotatable bonds is 4. The number of nitrogens with one attached hydrogen (secondary N) is 3. The second-order valence-electron chi connectivity index (χ2n) is 5.88. The van der Waals surface area contributed by atoms with Crippen LogP contribution in [0.3, 0.4) is 0 Å². The summed E-state index contributed by atoms with van der Waals surface area (Å²) >= 11 is 3.40. The summed E-state index contributed by atoms with van der Waals surface area (Å²) in [5.41, 5.74) is 8.07. The fourth-order valence-electron chi connectivity index (χ4n) is 2.82. The minimum Gasteiger partial charge on any atom is -0.324 e. The molecular formula is C17H17BrN4O3. The summed E-state index contributed by atoms with van der Waals surface area (Å²) in [5.74, 6) is -0.226. The van der Waals surface area contributed by atoms with Crippen molar-refractivity contribution in [1.29, 1.82) is 0 Å². The maximum Gasteiger partial charge on any atom is 0.274 e. The van der Waals surface area contributed by atoms with Crippen LogP contribution in [0.25, 0.3) is 0 Å². The first-order chi connectivity index (χ1) is 12.0. The van der Waals surface area contributed by atoms with E-state index in [1.54, 1.807) is 19.1 Å². The lowest BCUT2D eigenvalue weighted by atomic mass is 10.0. The summed E-state index contributed by atoms with van der Waals surface area (Å²) < 4.78 is 0.998. The van der Waals surface area contributed by atoms with Crippen molar-refractivity contribution in [3.8, 4) is 0 Å². The molecule has 8 heteroatoms.